The molecule has 2 amide bonds. The van der Waals surface area contributed by atoms with Gasteiger partial charge in [0.25, 0.3) is 5.24 Å². The van der Waals surface area contributed by atoms with E-state index in [2.05, 4.69) is 23.7 Å². The molecule has 0 aliphatic heterocycles. The van der Waals surface area contributed by atoms with Crippen molar-refractivity contribution in [1.82, 2.24) is 0 Å². The molecule has 0 spiro atoms. The van der Waals surface area contributed by atoms with Crippen molar-refractivity contribution >= 4 is 29.6 Å². The molecule has 0 radical (unpaired) electrons. The van der Waals surface area contributed by atoms with E-state index >= 15 is 0 Å². The lowest BCUT2D eigenvalue weighted by atomic mass is 10.3. The summed E-state index contributed by atoms with van der Waals surface area (Å²) in [4.78, 5) is 19.1. The maximum Gasteiger partial charge on any atom is 0.409 e. The van der Waals surface area contributed by atoms with Crippen molar-refractivity contribution in [1.29, 1.82) is 0 Å². The molecule has 0 fully saturated rings. The average molecular weight is 214 g/mol. The second kappa shape index (κ2) is 6.79. The maximum absolute atomic E-state index is 10.1. The summed E-state index contributed by atoms with van der Waals surface area (Å²) in [7, 11) is 0. The van der Waals surface area contributed by atoms with Crippen LogP contribution >= 0.6 is 12.6 Å². The Bertz CT molecular complexity index is 299. The van der Waals surface area contributed by atoms with Gasteiger partial charge in [0.2, 0.25) is 0 Å². The third kappa shape index (κ3) is 8.41. The first-order valence-electron chi connectivity index (χ1n) is 3.55. The molecule has 0 saturated heterocycles. The van der Waals surface area contributed by atoms with Gasteiger partial charge in [0.1, 0.15) is 0 Å². The highest BCUT2D eigenvalue weighted by atomic mass is 32.1. The first-order chi connectivity index (χ1) is 6.52. The highest BCUT2D eigenvalue weighted by Gasteiger charge is 1.93. The molecule has 0 atom stereocenters. The molecule has 1 rings (SSSR count). The molecule has 1 aromatic carbocycles. The van der Waals surface area contributed by atoms with Gasteiger partial charge in [-0.3, -0.25) is 10.1 Å². The number of nitrogens with two attached hydrogens (primary N) is 1. The molecule has 0 aliphatic rings. The molecule has 0 aliphatic carbocycles. The summed E-state index contributed by atoms with van der Waals surface area (Å²) >= 11 is 3.10. The molecule has 0 saturated carbocycles. The van der Waals surface area contributed by atoms with Gasteiger partial charge < -0.3 is 10.8 Å². The molecule has 76 valence electrons. The van der Waals surface area contributed by atoms with Crippen LogP contribution in [0.15, 0.2) is 30.3 Å². The molecule has 1 aromatic rings. The van der Waals surface area contributed by atoms with Gasteiger partial charge in [0.15, 0.2) is 0 Å². The molecule has 14 heavy (non-hydrogen) atoms. The first kappa shape index (κ1) is 12.3. The van der Waals surface area contributed by atoms with E-state index in [-0.39, 0.29) is 0 Å². The van der Waals surface area contributed by atoms with Crippen LogP contribution in [0.1, 0.15) is 0 Å². The standard InChI is InChI=1S/C7H7NO2.CH3NOS/c9-7(10)8-6-4-2-1-3-5-6;2-1(3)4/h1-5,8H,(H,9,10);(H3,2,3,4). The summed E-state index contributed by atoms with van der Waals surface area (Å²) in [6.45, 7) is 0. The lowest BCUT2D eigenvalue weighted by Gasteiger charge is -1.96. The van der Waals surface area contributed by atoms with Gasteiger partial charge in [-0.15, -0.1) is 0 Å². The van der Waals surface area contributed by atoms with E-state index in [9.17, 15) is 4.79 Å². The monoisotopic (exact) mass is 214 g/mol. The highest BCUT2D eigenvalue weighted by molar-refractivity contribution is 7.96. The van der Waals surface area contributed by atoms with Crippen LogP contribution in [0.25, 0.3) is 0 Å². The second-order valence-corrected chi connectivity index (χ2v) is 2.58. The number of nitrogens with one attached hydrogen (secondary N) is 1. The zero-order valence-electron chi connectivity index (χ0n) is 7.18. The number of hydrogen-bond donors (Lipinski definition) is 4. The van der Waals surface area contributed by atoms with Crippen LogP contribution < -0.4 is 11.1 Å². The third-order valence-corrected chi connectivity index (χ3v) is 1.03. The molecule has 6 heteroatoms. The Morgan fingerprint density at radius 1 is 1.29 bits per heavy atom. The van der Waals surface area contributed by atoms with Crippen molar-refractivity contribution in [2.45, 2.75) is 0 Å². The number of rotatable bonds is 1. The Hall–Kier alpha value is -1.69. The Balaban J connectivity index is 0.000000364. The fraction of sp³-hybridized carbons (Fsp3) is 0. The van der Waals surface area contributed by atoms with E-state index in [4.69, 9.17) is 9.90 Å². The number of benzene rings is 1. The van der Waals surface area contributed by atoms with Crippen molar-refractivity contribution in [2.24, 2.45) is 5.73 Å². The summed E-state index contributed by atoms with van der Waals surface area (Å²) in [5.74, 6) is 0. The van der Waals surface area contributed by atoms with Crippen LogP contribution in [0.2, 0.25) is 0 Å². The maximum atomic E-state index is 10.1. The minimum absolute atomic E-state index is 0.593. The zero-order chi connectivity index (χ0) is 11.0. The van der Waals surface area contributed by atoms with Crippen molar-refractivity contribution in [3.63, 3.8) is 0 Å². The summed E-state index contributed by atoms with van der Waals surface area (Å²) < 4.78 is 0. The van der Waals surface area contributed by atoms with Crippen LogP contribution in [0.5, 0.6) is 0 Å². The smallest absolute Gasteiger partial charge is 0.409 e. The lowest BCUT2D eigenvalue weighted by Crippen LogP contribution is -2.06. The Morgan fingerprint density at radius 3 is 2.07 bits per heavy atom. The third-order valence-electron chi connectivity index (χ3n) is 1.03. The van der Waals surface area contributed by atoms with Gasteiger partial charge in [-0.05, 0) is 12.1 Å². The first-order valence-corrected chi connectivity index (χ1v) is 4.00. The topological polar surface area (TPSA) is 92.4 Å². The number of thiol groups is 1. The van der Waals surface area contributed by atoms with Crippen LogP contribution in [0, 0.1) is 0 Å². The molecule has 5 nitrogen and oxygen atoms in total. The Morgan fingerprint density at radius 2 is 1.71 bits per heavy atom. The number of hydrogen-bond acceptors (Lipinski definition) is 2. The second-order valence-electron chi connectivity index (χ2n) is 2.13. The van der Waals surface area contributed by atoms with Gasteiger partial charge >= 0.3 is 6.09 Å². The minimum Gasteiger partial charge on any atom is -0.465 e. The van der Waals surface area contributed by atoms with Crippen molar-refractivity contribution in [2.75, 3.05) is 5.32 Å². The predicted molar refractivity (Wildman–Crippen MR) is 56.7 cm³/mol. The number of para-hydroxylation sites is 1. The summed E-state index contributed by atoms with van der Waals surface area (Å²) in [6, 6.07) is 8.74. The molecule has 4 N–H and O–H groups in total. The van der Waals surface area contributed by atoms with Crippen molar-refractivity contribution < 1.29 is 14.7 Å². The minimum atomic E-state index is -1.04. The molecule has 0 unspecified atom stereocenters. The van der Waals surface area contributed by atoms with Gasteiger partial charge in [0.05, 0.1) is 0 Å². The molecular formula is C8H10N2O3S. The highest BCUT2D eigenvalue weighted by Crippen LogP contribution is 2.03. The summed E-state index contributed by atoms with van der Waals surface area (Å²) in [5.41, 5.74) is 4.93. The number of amides is 2. The van der Waals surface area contributed by atoms with E-state index in [1.807, 2.05) is 6.07 Å². The number of anilines is 1. The Labute approximate surface area is 86.3 Å². The average Bonchev–Trinajstić information content (AvgIpc) is 2.03. The largest absolute Gasteiger partial charge is 0.465 e. The lowest BCUT2D eigenvalue weighted by molar-refractivity contribution is 0.209. The zero-order valence-corrected chi connectivity index (χ0v) is 8.07. The van der Waals surface area contributed by atoms with Gasteiger partial charge in [-0.2, -0.15) is 0 Å². The number of primary amides is 1. The predicted octanol–water partition coefficient (Wildman–Crippen LogP) is 1.77. The Kier molecular flexibility index (Phi) is 5.97. The molecule has 0 bridgehead atoms. The number of carbonyl (C=O) groups excluding carboxylic acids is 1. The number of carbonyl (C=O) groups is 2. The van der Waals surface area contributed by atoms with Gasteiger partial charge in [-0.1, -0.05) is 30.8 Å². The summed E-state index contributed by atoms with van der Waals surface area (Å²) in [6.07, 6.45) is -1.04. The van der Waals surface area contributed by atoms with Gasteiger partial charge in [0, 0.05) is 5.69 Å². The molecule has 0 aromatic heterocycles. The fourth-order valence-electron chi connectivity index (χ4n) is 0.645. The quantitative estimate of drug-likeness (QED) is 0.537. The van der Waals surface area contributed by atoms with Crippen LogP contribution in [-0.4, -0.2) is 16.4 Å². The van der Waals surface area contributed by atoms with E-state index in [0.29, 0.717) is 5.69 Å². The van der Waals surface area contributed by atoms with E-state index in [0.717, 1.165) is 0 Å². The SMILES string of the molecule is NC(=O)S.O=C(O)Nc1ccccc1. The van der Waals surface area contributed by atoms with Crippen molar-refractivity contribution in [3.8, 4) is 0 Å². The van der Waals surface area contributed by atoms with Crippen LogP contribution in [0.4, 0.5) is 15.3 Å². The van der Waals surface area contributed by atoms with Crippen LogP contribution in [0.3, 0.4) is 0 Å². The molecular weight excluding hydrogens is 204 g/mol. The van der Waals surface area contributed by atoms with E-state index in [1.54, 1.807) is 24.3 Å². The van der Waals surface area contributed by atoms with Crippen molar-refractivity contribution in [3.05, 3.63) is 30.3 Å². The summed E-state index contributed by atoms with van der Waals surface area (Å²) in [5, 5.41) is 9.84. The van der Waals surface area contributed by atoms with E-state index < -0.39 is 11.3 Å². The van der Waals surface area contributed by atoms with E-state index in [1.165, 1.54) is 0 Å². The number of carboxylic acid groups (broad SMARTS) is 1. The van der Waals surface area contributed by atoms with Crippen LogP contribution in [-0.2, 0) is 0 Å². The fourth-order valence-corrected chi connectivity index (χ4v) is 0.645. The molecule has 0 heterocycles. The van der Waals surface area contributed by atoms with Gasteiger partial charge in [-0.25, -0.2) is 4.79 Å². The normalized spacial score (nSPS) is 8.07.